The van der Waals surface area contributed by atoms with Gasteiger partial charge in [0.25, 0.3) is 0 Å². The average Bonchev–Trinajstić information content (AvgIpc) is 2.35. The van der Waals surface area contributed by atoms with Gasteiger partial charge in [-0.1, -0.05) is 29.8 Å². The molecule has 0 aliphatic heterocycles. The molecule has 0 bridgehead atoms. The quantitative estimate of drug-likeness (QED) is 0.839. The Morgan fingerprint density at radius 1 is 1.37 bits per heavy atom. The van der Waals surface area contributed by atoms with Gasteiger partial charge in [-0.15, -0.1) is 0 Å². The average molecular weight is 330 g/mol. The Bertz CT molecular complexity index is 450. The molecule has 1 aromatic carbocycles. The molecule has 0 aliphatic rings. The number of nitrogens with zero attached hydrogens (tertiary/aromatic N) is 1. The largest absolute Gasteiger partial charge is 0.508 e. The van der Waals surface area contributed by atoms with Gasteiger partial charge >= 0.3 is 5.97 Å². The van der Waals surface area contributed by atoms with Crippen LogP contribution in [0.5, 0.6) is 5.75 Å². The second kappa shape index (κ2) is 6.91. The van der Waals surface area contributed by atoms with E-state index in [1.54, 1.807) is 19.2 Å². The third-order valence-electron chi connectivity index (χ3n) is 3.39. The Balaban J connectivity index is 3.12. The summed E-state index contributed by atoms with van der Waals surface area (Å²) in [6.45, 7) is 3.83. The van der Waals surface area contributed by atoms with Crippen LogP contribution >= 0.6 is 15.9 Å². The fourth-order valence-electron chi connectivity index (χ4n) is 2.37. The van der Waals surface area contributed by atoms with Crippen molar-refractivity contribution < 1.29 is 15.0 Å². The van der Waals surface area contributed by atoms with E-state index in [4.69, 9.17) is 0 Å². The summed E-state index contributed by atoms with van der Waals surface area (Å²) in [6, 6.07) is 4.55. The van der Waals surface area contributed by atoms with Crippen molar-refractivity contribution in [1.29, 1.82) is 0 Å². The minimum absolute atomic E-state index is 0.126. The first kappa shape index (κ1) is 16.0. The van der Waals surface area contributed by atoms with Crippen LogP contribution in [0.2, 0.25) is 0 Å². The number of hydrogen-bond acceptors (Lipinski definition) is 3. The number of benzene rings is 1. The highest BCUT2D eigenvalue weighted by Crippen LogP contribution is 2.34. The number of halogens is 1. The SMILES string of the molecule is CCC(C(=O)O)N(C)C(CC)c1cc(Br)ccc1O. The molecule has 0 radical (unpaired) electrons. The van der Waals surface area contributed by atoms with Crippen LogP contribution < -0.4 is 0 Å². The van der Waals surface area contributed by atoms with E-state index in [0.717, 1.165) is 16.5 Å². The molecule has 0 saturated carbocycles. The molecule has 2 unspecified atom stereocenters. The summed E-state index contributed by atoms with van der Waals surface area (Å²) in [6.07, 6.45) is 1.25. The van der Waals surface area contributed by atoms with Crippen LogP contribution in [0.15, 0.2) is 22.7 Å². The third kappa shape index (κ3) is 3.70. The van der Waals surface area contributed by atoms with Gasteiger partial charge in [0, 0.05) is 16.1 Å². The monoisotopic (exact) mass is 329 g/mol. The molecule has 106 valence electrons. The number of aromatic hydroxyl groups is 1. The van der Waals surface area contributed by atoms with Crippen molar-refractivity contribution in [3.8, 4) is 5.75 Å². The maximum absolute atomic E-state index is 11.3. The molecular formula is C14H20BrNO3. The van der Waals surface area contributed by atoms with Crippen LogP contribution in [0.4, 0.5) is 0 Å². The highest BCUT2D eigenvalue weighted by Gasteiger charge is 2.28. The van der Waals surface area contributed by atoms with E-state index in [1.807, 2.05) is 24.8 Å². The molecule has 19 heavy (non-hydrogen) atoms. The van der Waals surface area contributed by atoms with Crippen LogP contribution in [0.3, 0.4) is 0 Å². The predicted octanol–water partition coefficient (Wildman–Crippen LogP) is 3.40. The van der Waals surface area contributed by atoms with Crippen LogP contribution in [-0.2, 0) is 4.79 Å². The summed E-state index contributed by atoms with van der Waals surface area (Å²) in [5.41, 5.74) is 0.749. The van der Waals surface area contributed by atoms with Crippen LogP contribution in [0.25, 0.3) is 0 Å². The Kier molecular flexibility index (Phi) is 5.82. The summed E-state index contributed by atoms with van der Waals surface area (Å²) in [7, 11) is 1.79. The van der Waals surface area contributed by atoms with Crippen LogP contribution in [-0.4, -0.2) is 34.2 Å². The van der Waals surface area contributed by atoms with Crippen LogP contribution in [0.1, 0.15) is 38.3 Å². The Morgan fingerprint density at radius 3 is 2.47 bits per heavy atom. The number of aliphatic carboxylic acids is 1. The first-order valence-corrected chi connectivity index (χ1v) is 7.14. The lowest BCUT2D eigenvalue weighted by molar-refractivity contribution is -0.143. The molecule has 1 aromatic rings. The molecule has 0 heterocycles. The number of likely N-dealkylation sites (N-methyl/N-ethyl adjacent to an activating group) is 1. The van der Waals surface area contributed by atoms with E-state index in [2.05, 4.69) is 15.9 Å². The van der Waals surface area contributed by atoms with Gasteiger partial charge in [-0.05, 0) is 38.1 Å². The number of hydrogen-bond donors (Lipinski definition) is 2. The first-order chi connectivity index (χ1) is 8.92. The van der Waals surface area contributed by atoms with E-state index in [9.17, 15) is 15.0 Å². The van der Waals surface area contributed by atoms with Gasteiger partial charge in [0.05, 0.1) is 0 Å². The van der Waals surface area contributed by atoms with Crippen molar-refractivity contribution in [2.75, 3.05) is 7.05 Å². The van der Waals surface area contributed by atoms with Gasteiger partial charge in [-0.3, -0.25) is 9.69 Å². The Labute approximate surface area is 122 Å². The molecule has 0 spiro atoms. The topological polar surface area (TPSA) is 60.8 Å². The fourth-order valence-corrected chi connectivity index (χ4v) is 2.75. The lowest BCUT2D eigenvalue weighted by atomic mass is 9.99. The molecule has 1 rings (SSSR count). The second-order valence-corrected chi connectivity index (χ2v) is 5.47. The molecule has 0 amide bonds. The summed E-state index contributed by atoms with van der Waals surface area (Å²) < 4.78 is 0.871. The molecule has 0 fully saturated rings. The minimum Gasteiger partial charge on any atom is -0.508 e. The highest BCUT2D eigenvalue weighted by atomic mass is 79.9. The third-order valence-corrected chi connectivity index (χ3v) is 3.88. The van der Waals surface area contributed by atoms with Gasteiger partial charge < -0.3 is 10.2 Å². The van der Waals surface area contributed by atoms with E-state index < -0.39 is 12.0 Å². The molecule has 0 aromatic heterocycles. The molecular weight excluding hydrogens is 310 g/mol. The van der Waals surface area contributed by atoms with E-state index >= 15 is 0 Å². The van der Waals surface area contributed by atoms with Crippen molar-refractivity contribution in [2.45, 2.75) is 38.8 Å². The molecule has 2 N–H and O–H groups in total. The molecule has 5 heteroatoms. The van der Waals surface area contributed by atoms with E-state index in [0.29, 0.717) is 6.42 Å². The van der Waals surface area contributed by atoms with Crippen molar-refractivity contribution in [1.82, 2.24) is 4.90 Å². The smallest absolute Gasteiger partial charge is 0.320 e. The van der Waals surface area contributed by atoms with Gasteiger partial charge in [0.2, 0.25) is 0 Å². The summed E-state index contributed by atoms with van der Waals surface area (Å²) in [5, 5.41) is 19.2. The summed E-state index contributed by atoms with van der Waals surface area (Å²) >= 11 is 3.38. The van der Waals surface area contributed by atoms with E-state index in [1.165, 1.54) is 0 Å². The van der Waals surface area contributed by atoms with Crippen LogP contribution in [0, 0.1) is 0 Å². The second-order valence-electron chi connectivity index (χ2n) is 4.55. The lowest BCUT2D eigenvalue weighted by Gasteiger charge is -2.32. The summed E-state index contributed by atoms with van der Waals surface area (Å²) in [4.78, 5) is 13.1. The first-order valence-electron chi connectivity index (χ1n) is 6.35. The summed E-state index contributed by atoms with van der Waals surface area (Å²) in [5.74, 6) is -0.639. The molecule has 4 nitrogen and oxygen atoms in total. The minimum atomic E-state index is -0.835. The number of phenols is 1. The van der Waals surface area contributed by atoms with Crippen molar-refractivity contribution in [3.63, 3.8) is 0 Å². The standard InChI is InChI=1S/C14H20BrNO3/c1-4-11(16(3)12(5-2)14(18)19)10-8-9(15)6-7-13(10)17/h6-8,11-12,17H,4-5H2,1-3H3,(H,18,19). The van der Waals surface area contributed by atoms with Crippen molar-refractivity contribution in [3.05, 3.63) is 28.2 Å². The van der Waals surface area contributed by atoms with Crippen molar-refractivity contribution >= 4 is 21.9 Å². The Morgan fingerprint density at radius 2 is 2.00 bits per heavy atom. The van der Waals surface area contributed by atoms with E-state index in [-0.39, 0.29) is 11.8 Å². The fraction of sp³-hybridized carbons (Fsp3) is 0.500. The number of carboxylic acids is 1. The van der Waals surface area contributed by atoms with Gasteiger partial charge in [0.15, 0.2) is 0 Å². The maximum atomic E-state index is 11.3. The highest BCUT2D eigenvalue weighted by molar-refractivity contribution is 9.10. The van der Waals surface area contributed by atoms with Gasteiger partial charge in [-0.25, -0.2) is 0 Å². The van der Waals surface area contributed by atoms with Gasteiger partial charge in [0.1, 0.15) is 11.8 Å². The zero-order valence-corrected chi connectivity index (χ0v) is 13.0. The number of carbonyl (C=O) groups is 1. The molecule has 0 aliphatic carbocycles. The van der Waals surface area contributed by atoms with Gasteiger partial charge in [-0.2, -0.15) is 0 Å². The molecule has 2 atom stereocenters. The number of carboxylic acid groups (broad SMARTS) is 1. The zero-order valence-electron chi connectivity index (χ0n) is 11.4. The Hall–Kier alpha value is -1.07. The number of rotatable bonds is 6. The maximum Gasteiger partial charge on any atom is 0.320 e. The predicted molar refractivity (Wildman–Crippen MR) is 78.3 cm³/mol. The molecule has 0 saturated heterocycles. The number of phenolic OH excluding ortho intramolecular Hbond substituents is 1. The lowest BCUT2D eigenvalue weighted by Crippen LogP contribution is -2.40. The van der Waals surface area contributed by atoms with Crippen molar-refractivity contribution in [2.24, 2.45) is 0 Å². The normalized spacial score (nSPS) is 14.4. The zero-order chi connectivity index (χ0) is 14.6.